The van der Waals surface area contributed by atoms with Gasteiger partial charge in [-0.25, -0.2) is 0 Å². The predicted octanol–water partition coefficient (Wildman–Crippen LogP) is 0.572. The molecule has 0 aliphatic heterocycles. The monoisotopic (exact) mass is 227 g/mol. The summed E-state index contributed by atoms with van der Waals surface area (Å²) in [5.41, 5.74) is 4.79. The van der Waals surface area contributed by atoms with Gasteiger partial charge in [-0.15, -0.1) is 0 Å². The van der Waals surface area contributed by atoms with E-state index in [-0.39, 0.29) is 5.91 Å². The first-order chi connectivity index (χ1) is 7.48. The zero-order valence-corrected chi connectivity index (χ0v) is 10.8. The van der Waals surface area contributed by atoms with Crippen LogP contribution in [0.2, 0.25) is 0 Å². The van der Waals surface area contributed by atoms with Crippen LogP contribution in [0.25, 0.3) is 0 Å². The molecule has 0 radical (unpaired) electrons. The van der Waals surface area contributed by atoms with Crippen LogP contribution in [0.4, 0.5) is 0 Å². The van der Waals surface area contributed by atoms with Crippen LogP contribution in [0.5, 0.6) is 0 Å². The van der Waals surface area contributed by atoms with Crippen molar-refractivity contribution < 1.29 is 4.79 Å². The summed E-state index contributed by atoms with van der Waals surface area (Å²) < 4.78 is 0. The number of carbonyl (C=O) groups is 1. The van der Waals surface area contributed by atoms with E-state index in [1.54, 1.807) is 7.05 Å². The van der Waals surface area contributed by atoms with Gasteiger partial charge >= 0.3 is 0 Å². The van der Waals surface area contributed by atoms with Gasteiger partial charge in [-0.05, 0) is 39.8 Å². The van der Waals surface area contributed by atoms with E-state index < -0.39 is 5.54 Å². The first kappa shape index (κ1) is 13.5. The number of hydrogen-bond acceptors (Lipinski definition) is 3. The molecular weight excluding hydrogens is 202 g/mol. The fraction of sp³-hybridized carbons (Fsp3) is 0.917. The normalized spacial score (nSPS) is 21.2. The van der Waals surface area contributed by atoms with Crippen molar-refractivity contribution >= 4 is 5.91 Å². The van der Waals surface area contributed by atoms with Crippen molar-refractivity contribution in [2.45, 2.75) is 38.1 Å². The number of amides is 1. The largest absolute Gasteiger partial charge is 0.368 e. The second-order valence-corrected chi connectivity index (χ2v) is 5.29. The Hall–Kier alpha value is -0.610. The van der Waals surface area contributed by atoms with Crippen molar-refractivity contribution in [1.29, 1.82) is 0 Å². The number of primary amides is 1. The van der Waals surface area contributed by atoms with Crippen LogP contribution in [-0.2, 0) is 4.79 Å². The molecule has 4 heteroatoms. The van der Waals surface area contributed by atoms with Gasteiger partial charge in [0.15, 0.2) is 0 Å². The number of likely N-dealkylation sites (N-methyl/N-ethyl adjacent to an activating group) is 2. The summed E-state index contributed by atoms with van der Waals surface area (Å²) in [5, 5.41) is 3.02. The lowest BCUT2D eigenvalue weighted by atomic mass is 10.00. The Morgan fingerprint density at radius 1 is 1.50 bits per heavy atom. The Bertz CT molecular complexity index is 238. The Morgan fingerprint density at radius 3 is 2.50 bits per heavy atom. The molecule has 0 spiro atoms. The number of carbonyl (C=O) groups excluding carboxylic acids is 1. The SMILES string of the molecule is CNC(C)(CN(C)CC1CCCC1)C(N)=O. The Morgan fingerprint density at radius 2 is 2.06 bits per heavy atom. The van der Waals surface area contributed by atoms with Crippen LogP contribution >= 0.6 is 0 Å². The minimum Gasteiger partial charge on any atom is -0.368 e. The van der Waals surface area contributed by atoms with Gasteiger partial charge in [-0.3, -0.25) is 4.79 Å². The predicted molar refractivity (Wildman–Crippen MR) is 66.1 cm³/mol. The minimum absolute atomic E-state index is 0.284. The molecule has 0 aromatic heterocycles. The summed E-state index contributed by atoms with van der Waals surface area (Å²) in [6.07, 6.45) is 5.38. The number of rotatable bonds is 6. The van der Waals surface area contributed by atoms with E-state index in [0.717, 1.165) is 12.5 Å². The molecule has 0 saturated heterocycles. The number of nitrogens with zero attached hydrogens (tertiary/aromatic N) is 1. The van der Waals surface area contributed by atoms with Gasteiger partial charge in [0.25, 0.3) is 0 Å². The first-order valence-electron chi connectivity index (χ1n) is 6.15. The van der Waals surface area contributed by atoms with E-state index >= 15 is 0 Å². The lowest BCUT2D eigenvalue weighted by Gasteiger charge is -2.32. The van der Waals surface area contributed by atoms with Crippen molar-refractivity contribution in [2.24, 2.45) is 11.7 Å². The zero-order valence-electron chi connectivity index (χ0n) is 10.8. The van der Waals surface area contributed by atoms with Gasteiger partial charge in [0, 0.05) is 13.1 Å². The molecule has 16 heavy (non-hydrogen) atoms. The molecule has 3 N–H and O–H groups in total. The third-order valence-electron chi connectivity index (χ3n) is 3.73. The van der Waals surface area contributed by atoms with Crippen LogP contribution in [0.3, 0.4) is 0 Å². The first-order valence-corrected chi connectivity index (χ1v) is 6.15. The van der Waals surface area contributed by atoms with Crippen molar-refractivity contribution in [3.8, 4) is 0 Å². The average molecular weight is 227 g/mol. The average Bonchev–Trinajstić information content (AvgIpc) is 2.69. The van der Waals surface area contributed by atoms with Crippen LogP contribution < -0.4 is 11.1 Å². The van der Waals surface area contributed by atoms with Gasteiger partial charge in [0.05, 0.1) is 0 Å². The molecule has 1 atom stereocenters. The molecule has 0 bridgehead atoms. The smallest absolute Gasteiger partial charge is 0.238 e. The second kappa shape index (κ2) is 5.64. The topological polar surface area (TPSA) is 58.4 Å². The molecule has 4 nitrogen and oxygen atoms in total. The molecular formula is C12H25N3O. The molecule has 1 aliphatic rings. The summed E-state index contributed by atoms with van der Waals surface area (Å²) in [6.45, 7) is 3.61. The van der Waals surface area contributed by atoms with E-state index in [0.29, 0.717) is 6.54 Å². The summed E-state index contributed by atoms with van der Waals surface area (Å²) in [4.78, 5) is 13.6. The zero-order chi connectivity index (χ0) is 12.2. The van der Waals surface area contributed by atoms with Gasteiger partial charge in [0.1, 0.15) is 5.54 Å². The molecule has 1 amide bonds. The fourth-order valence-electron chi connectivity index (χ4n) is 2.52. The highest BCUT2D eigenvalue weighted by Gasteiger charge is 2.31. The highest BCUT2D eigenvalue weighted by molar-refractivity contribution is 5.84. The summed E-state index contributed by atoms with van der Waals surface area (Å²) in [7, 11) is 3.85. The maximum Gasteiger partial charge on any atom is 0.238 e. The molecule has 1 fully saturated rings. The van der Waals surface area contributed by atoms with Crippen LogP contribution in [-0.4, -0.2) is 43.5 Å². The van der Waals surface area contributed by atoms with Gasteiger partial charge in [-0.2, -0.15) is 0 Å². The van der Waals surface area contributed by atoms with E-state index in [9.17, 15) is 4.79 Å². The molecule has 0 heterocycles. The Balaban J connectivity index is 2.42. The van der Waals surface area contributed by atoms with Gasteiger partial charge in [0.2, 0.25) is 5.91 Å². The minimum atomic E-state index is -0.618. The summed E-state index contributed by atoms with van der Waals surface area (Å²) in [6, 6.07) is 0. The van der Waals surface area contributed by atoms with Gasteiger partial charge < -0.3 is 16.0 Å². The van der Waals surface area contributed by atoms with Crippen molar-refractivity contribution in [1.82, 2.24) is 10.2 Å². The van der Waals surface area contributed by atoms with Crippen LogP contribution in [0, 0.1) is 5.92 Å². The van der Waals surface area contributed by atoms with E-state index in [2.05, 4.69) is 17.3 Å². The standard InChI is InChI=1S/C12H25N3O/c1-12(14-2,11(13)16)9-15(3)8-10-6-4-5-7-10/h10,14H,4-9H2,1-3H3,(H2,13,16). The molecule has 1 saturated carbocycles. The van der Waals surface area contributed by atoms with Crippen molar-refractivity contribution in [3.05, 3.63) is 0 Å². The van der Waals surface area contributed by atoms with E-state index in [1.807, 2.05) is 6.92 Å². The van der Waals surface area contributed by atoms with Crippen molar-refractivity contribution in [2.75, 3.05) is 27.2 Å². The molecule has 94 valence electrons. The highest BCUT2D eigenvalue weighted by atomic mass is 16.1. The quantitative estimate of drug-likeness (QED) is 0.697. The molecule has 0 aromatic rings. The molecule has 0 aromatic carbocycles. The third kappa shape index (κ3) is 3.46. The van der Waals surface area contributed by atoms with E-state index in [1.165, 1.54) is 25.7 Å². The lowest BCUT2D eigenvalue weighted by molar-refractivity contribution is -0.124. The van der Waals surface area contributed by atoms with E-state index in [4.69, 9.17) is 5.73 Å². The highest BCUT2D eigenvalue weighted by Crippen LogP contribution is 2.25. The number of nitrogens with two attached hydrogens (primary N) is 1. The fourth-order valence-corrected chi connectivity index (χ4v) is 2.52. The maximum absolute atomic E-state index is 11.4. The van der Waals surface area contributed by atoms with Crippen molar-refractivity contribution in [3.63, 3.8) is 0 Å². The number of hydrogen-bond donors (Lipinski definition) is 2. The summed E-state index contributed by atoms with van der Waals surface area (Å²) >= 11 is 0. The van der Waals surface area contributed by atoms with Crippen LogP contribution in [0.15, 0.2) is 0 Å². The second-order valence-electron chi connectivity index (χ2n) is 5.29. The Kier molecular flexibility index (Phi) is 4.74. The molecule has 1 aliphatic carbocycles. The lowest BCUT2D eigenvalue weighted by Crippen LogP contribution is -2.58. The summed E-state index contributed by atoms with van der Waals surface area (Å²) in [5.74, 6) is 0.521. The van der Waals surface area contributed by atoms with Gasteiger partial charge in [-0.1, -0.05) is 12.8 Å². The Labute approximate surface area is 98.6 Å². The third-order valence-corrected chi connectivity index (χ3v) is 3.73. The van der Waals surface area contributed by atoms with Crippen LogP contribution in [0.1, 0.15) is 32.6 Å². The maximum atomic E-state index is 11.4. The molecule has 1 unspecified atom stereocenters. The number of nitrogens with one attached hydrogen (secondary N) is 1. The molecule has 1 rings (SSSR count).